The molecule has 1 saturated carbocycles. The highest BCUT2D eigenvalue weighted by Crippen LogP contribution is 2.46. The number of amides is 1. The maximum absolute atomic E-state index is 15.1. The van der Waals surface area contributed by atoms with Gasteiger partial charge in [0.05, 0.1) is 37.1 Å². The minimum absolute atomic E-state index is 0.0317. The van der Waals surface area contributed by atoms with Crippen LogP contribution in [0.15, 0.2) is 36.9 Å². The normalized spacial score (nSPS) is 18.6. The molecule has 0 saturated heterocycles. The number of methoxy groups -OCH3 is 1. The number of aromatic nitrogens is 6. The highest BCUT2D eigenvalue weighted by molar-refractivity contribution is 5.90. The van der Waals surface area contributed by atoms with Gasteiger partial charge in [-0.25, -0.2) is 34.1 Å². The first-order valence-corrected chi connectivity index (χ1v) is 12.5. The molecule has 3 aromatic heterocycles. The first-order valence-electron chi connectivity index (χ1n) is 12.5. The number of nitrogens with one attached hydrogen (secondary N) is 1. The summed E-state index contributed by atoms with van der Waals surface area (Å²) in [7, 11) is 1.51. The molecule has 1 unspecified atom stereocenters. The Morgan fingerprint density at radius 1 is 1.23 bits per heavy atom. The number of hydrogen-bond acceptors (Lipinski definition) is 9. The molecule has 0 bridgehead atoms. The second-order valence-electron chi connectivity index (χ2n) is 9.92. The average Bonchev–Trinajstić information content (AvgIpc) is 3.70. The molecule has 200 valence electrons. The van der Waals surface area contributed by atoms with Gasteiger partial charge in [0.25, 0.3) is 0 Å². The number of aryl methyl sites for hydroxylation is 1. The number of aromatic amines is 1. The van der Waals surface area contributed by atoms with Crippen LogP contribution in [-0.2, 0) is 16.9 Å². The quantitative estimate of drug-likeness (QED) is 0.362. The van der Waals surface area contributed by atoms with Crippen molar-refractivity contribution in [1.29, 1.82) is 0 Å². The van der Waals surface area contributed by atoms with Crippen LogP contribution in [0.2, 0.25) is 0 Å². The first-order chi connectivity index (χ1) is 18.8. The largest absolute Gasteiger partial charge is 0.480 e. The number of carbonyl (C=O) groups is 1. The molecule has 2 N–H and O–H groups in total. The number of benzene rings is 1. The van der Waals surface area contributed by atoms with E-state index in [-0.39, 0.29) is 24.1 Å². The van der Waals surface area contributed by atoms with Crippen molar-refractivity contribution < 1.29 is 23.8 Å². The summed E-state index contributed by atoms with van der Waals surface area (Å²) < 4.78 is 26.2. The zero-order chi connectivity index (χ0) is 27.3. The minimum atomic E-state index is -1.36. The highest BCUT2D eigenvalue weighted by Gasteiger charge is 2.43. The minimum Gasteiger partial charge on any atom is -0.480 e. The summed E-state index contributed by atoms with van der Waals surface area (Å²) in [6.07, 6.45) is 5.84. The third-order valence-corrected chi connectivity index (χ3v) is 6.98. The summed E-state index contributed by atoms with van der Waals surface area (Å²) in [6.45, 7) is 2.92. The van der Waals surface area contributed by atoms with E-state index in [1.165, 1.54) is 30.6 Å². The number of fused-ring (bicyclic) bond motifs is 1. The van der Waals surface area contributed by atoms with Gasteiger partial charge in [-0.2, -0.15) is 0 Å². The van der Waals surface area contributed by atoms with E-state index in [1.807, 2.05) is 6.92 Å². The summed E-state index contributed by atoms with van der Waals surface area (Å²) in [5, 5.41) is 10.1. The monoisotopic (exact) mass is 531 g/mol. The summed E-state index contributed by atoms with van der Waals surface area (Å²) in [5.74, 6) is 1.03. The number of imidazole rings is 1. The van der Waals surface area contributed by atoms with Gasteiger partial charge >= 0.3 is 6.09 Å². The average molecular weight is 532 g/mol. The van der Waals surface area contributed by atoms with Crippen LogP contribution in [0.1, 0.15) is 48.2 Å². The van der Waals surface area contributed by atoms with E-state index in [0.29, 0.717) is 34.0 Å². The van der Waals surface area contributed by atoms with E-state index in [2.05, 4.69) is 24.9 Å². The Morgan fingerprint density at radius 2 is 2.05 bits per heavy atom. The summed E-state index contributed by atoms with van der Waals surface area (Å²) in [4.78, 5) is 39.8. The number of rotatable bonds is 7. The lowest BCUT2D eigenvalue weighted by molar-refractivity contribution is -0.0235. The Bertz CT molecular complexity index is 1590. The van der Waals surface area contributed by atoms with E-state index in [1.54, 1.807) is 25.3 Å². The van der Waals surface area contributed by atoms with Crippen LogP contribution in [0.3, 0.4) is 0 Å². The van der Waals surface area contributed by atoms with E-state index in [4.69, 9.17) is 14.5 Å². The Kier molecular flexibility index (Phi) is 5.98. The molecule has 2 aliphatic rings. The zero-order valence-corrected chi connectivity index (χ0v) is 21.6. The molecule has 1 amide bonds. The Labute approximate surface area is 223 Å². The third-order valence-electron chi connectivity index (χ3n) is 6.98. The maximum atomic E-state index is 15.1. The third kappa shape index (κ3) is 4.36. The molecule has 11 nitrogen and oxygen atoms in total. The van der Waals surface area contributed by atoms with E-state index < -0.39 is 24.1 Å². The van der Waals surface area contributed by atoms with Gasteiger partial charge in [0.2, 0.25) is 5.88 Å². The number of aliphatic hydroxyl groups is 1. The van der Waals surface area contributed by atoms with Crippen LogP contribution in [0, 0.1) is 12.7 Å². The fourth-order valence-corrected chi connectivity index (χ4v) is 4.71. The Balaban J connectivity index is 1.43. The molecule has 39 heavy (non-hydrogen) atoms. The van der Waals surface area contributed by atoms with Gasteiger partial charge in [0.15, 0.2) is 11.4 Å². The van der Waals surface area contributed by atoms with Crippen molar-refractivity contribution in [1.82, 2.24) is 29.9 Å². The van der Waals surface area contributed by atoms with Gasteiger partial charge in [0.1, 0.15) is 29.4 Å². The van der Waals surface area contributed by atoms with Gasteiger partial charge in [-0.1, -0.05) is 6.07 Å². The van der Waals surface area contributed by atoms with Crippen LogP contribution in [0.25, 0.3) is 22.8 Å². The van der Waals surface area contributed by atoms with Crippen molar-refractivity contribution >= 4 is 11.9 Å². The number of cyclic esters (lactones) is 1. The molecule has 1 atom stereocenters. The van der Waals surface area contributed by atoms with Crippen molar-refractivity contribution in [3.63, 3.8) is 0 Å². The molecular formula is C27H26FN7O4. The molecule has 4 aromatic rings. The fraction of sp³-hybridized carbons (Fsp3) is 0.333. The van der Waals surface area contributed by atoms with Crippen LogP contribution in [-0.4, -0.2) is 54.8 Å². The molecule has 1 fully saturated rings. The number of ether oxygens (including phenoxy) is 2. The fourth-order valence-electron chi connectivity index (χ4n) is 4.71. The molecule has 0 spiro atoms. The number of hydrogen-bond donors (Lipinski definition) is 2. The molecule has 4 heterocycles. The van der Waals surface area contributed by atoms with Crippen molar-refractivity contribution in [2.75, 3.05) is 18.6 Å². The van der Waals surface area contributed by atoms with Crippen molar-refractivity contribution in [2.45, 2.75) is 44.8 Å². The predicted octanol–water partition coefficient (Wildman–Crippen LogP) is 4.02. The molecule has 0 radical (unpaired) electrons. The Morgan fingerprint density at radius 3 is 2.72 bits per heavy atom. The van der Waals surface area contributed by atoms with Crippen molar-refractivity contribution in [2.24, 2.45) is 0 Å². The van der Waals surface area contributed by atoms with E-state index in [0.717, 1.165) is 24.2 Å². The predicted molar refractivity (Wildman–Crippen MR) is 137 cm³/mol. The smallest absolute Gasteiger partial charge is 0.416 e. The highest BCUT2D eigenvalue weighted by atomic mass is 19.1. The van der Waals surface area contributed by atoms with Crippen LogP contribution < -0.4 is 9.64 Å². The summed E-state index contributed by atoms with van der Waals surface area (Å²) >= 11 is 0. The van der Waals surface area contributed by atoms with E-state index >= 15 is 4.39 Å². The van der Waals surface area contributed by atoms with Crippen LogP contribution in [0.5, 0.6) is 5.88 Å². The number of aliphatic hydroxyl groups excluding tert-OH is 1. The first kappa shape index (κ1) is 24.9. The number of halogens is 1. The lowest BCUT2D eigenvalue weighted by Gasteiger charge is -2.38. The van der Waals surface area contributed by atoms with Gasteiger partial charge in [-0.05, 0) is 44.4 Å². The number of H-pyrrole nitrogens is 1. The van der Waals surface area contributed by atoms with Crippen molar-refractivity contribution in [3.05, 3.63) is 65.3 Å². The van der Waals surface area contributed by atoms with Crippen LogP contribution in [0.4, 0.5) is 15.0 Å². The lowest BCUT2D eigenvalue weighted by atomic mass is 9.96. The standard InChI is InChI=1S/C27H26FN7O4/c1-14-9-29-22(33-14)17-7-4-15(8-19(17)28)11-35-24-18(27(2,12-36)39-26(35)37)10-30-23(34-24)20-21(16-5-6-16)31-13-32-25(20)38-3/h4,7-10,13,16,36H,5-6,11-12H2,1-3H3,(H,29,33). The zero-order valence-electron chi connectivity index (χ0n) is 21.6. The molecule has 12 heteroatoms. The van der Waals surface area contributed by atoms with Crippen LogP contribution >= 0.6 is 0 Å². The maximum Gasteiger partial charge on any atom is 0.416 e. The lowest BCUT2D eigenvalue weighted by Crippen LogP contribution is -2.46. The van der Waals surface area contributed by atoms with Gasteiger partial charge < -0.3 is 19.6 Å². The number of nitrogens with zero attached hydrogens (tertiary/aromatic N) is 6. The topological polar surface area (TPSA) is 139 Å². The molecule has 1 aromatic carbocycles. The number of anilines is 1. The van der Waals surface area contributed by atoms with E-state index in [9.17, 15) is 9.90 Å². The molecular weight excluding hydrogens is 505 g/mol. The molecule has 6 rings (SSSR count). The summed E-state index contributed by atoms with van der Waals surface area (Å²) in [5.41, 5.74) is 2.03. The van der Waals surface area contributed by atoms with Gasteiger partial charge in [0, 0.05) is 24.0 Å². The number of carbonyl (C=O) groups excluding carboxylic acids is 1. The second-order valence-corrected chi connectivity index (χ2v) is 9.92. The van der Waals surface area contributed by atoms with Gasteiger partial charge in [-0.15, -0.1) is 0 Å². The Hall–Kier alpha value is -4.45. The van der Waals surface area contributed by atoms with Gasteiger partial charge in [-0.3, -0.25) is 4.90 Å². The molecule has 1 aliphatic carbocycles. The second kappa shape index (κ2) is 9.38. The van der Waals surface area contributed by atoms with Crippen molar-refractivity contribution in [3.8, 4) is 28.7 Å². The summed E-state index contributed by atoms with van der Waals surface area (Å²) in [6, 6.07) is 4.67. The molecule has 1 aliphatic heterocycles. The SMILES string of the molecule is COc1ncnc(C2CC2)c1-c1ncc2c(n1)N(Cc1ccc(-c3ncc(C)[nH]3)c(F)c1)C(=O)OC2(C)CO.